The highest BCUT2D eigenvalue weighted by atomic mass is 16.3. The summed E-state index contributed by atoms with van der Waals surface area (Å²) in [4.78, 5) is 15.7. The molecule has 0 unspecified atom stereocenters. The van der Waals surface area contributed by atoms with Crippen molar-refractivity contribution in [1.82, 2.24) is 5.32 Å². The SMILES string of the molecule is CC=N/C=C\C.CCC.CCCCNC(=O)c1ccc2ccccc2c1O. The van der Waals surface area contributed by atoms with Crippen molar-refractivity contribution in [3.8, 4) is 5.75 Å². The van der Waals surface area contributed by atoms with Gasteiger partial charge in [-0.05, 0) is 31.7 Å². The molecule has 2 N–H and O–H groups in total. The zero-order valence-electron chi connectivity index (χ0n) is 17.3. The smallest absolute Gasteiger partial charge is 0.255 e. The molecule has 2 aromatic carbocycles. The van der Waals surface area contributed by atoms with Gasteiger partial charge in [0.2, 0.25) is 0 Å². The molecule has 0 aliphatic carbocycles. The van der Waals surface area contributed by atoms with Crippen molar-refractivity contribution in [2.24, 2.45) is 4.99 Å². The van der Waals surface area contributed by atoms with Crippen LogP contribution in [0.1, 0.15) is 64.2 Å². The number of phenols is 1. The van der Waals surface area contributed by atoms with Gasteiger partial charge in [0.15, 0.2) is 0 Å². The molecule has 1 amide bonds. The maximum atomic E-state index is 11.9. The van der Waals surface area contributed by atoms with Gasteiger partial charge in [-0.25, -0.2) is 0 Å². The number of unbranched alkanes of at least 4 members (excludes halogenated alkanes) is 1. The van der Waals surface area contributed by atoms with E-state index in [4.69, 9.17) is 0 Å². The molecule has 0 saturated heterocycles. The second-order valence-electron chi connectivity index (χ2n) is 5.89. The van der Waals surface area contributed by atoms with Crippen molar-refractivity contribution in [2.45, 2.75) is 53.9 Å². The number of fused-ring (bicyclic) bond motifs is 1. The molecule has 4 heteroatoms. The third-order valence-corrected chi connectivity index (χ3v) is 3.35. The average Bonchev–Trinajstić information content (AvgIpc) is 2.68. The number of carbonyl (C=O) groups is 1. The van der Waals surface area contributed by atoms with E-state index in [2.05, 4.69) is 31.1 Å². The Morgan fingerprint density at radius 1 is 1.11 bits per heavy atom. The molecule has 0 heterocycles. The Morgan fingerprint density at radius 3 is 2.33 bits per heavy atom. The van der Waals surface area contributed by atoms with Crippen molar-refractivity contribution < 1.29 is 9.90 Å². The van der Waals surface area contributed by atoms with Crippen LogP contribution in [0, 0.1) is 0 Å². The molecule has 0 spiro atoms. The lowest BCUT2D eigenvalue weighted by Crippen LogP contribution is -2.24. The zero-order chi connectivity index (χ0) is 20.5. The Hall–Kier alpha value is -2.62. The predicted molar refractivity (Wildman–Crippen MR) is 118 cm³/mol. The van der Waals surface area contributed by atoms with E-state index in [1.165, 1.54) is 6.42 Å². The van der Waals surface area contributed by atoms with Crippen molar-refractivity contribution in [3.63, 3.8) is 0 Å². The number of allylic oxidation sites excluding steroid dienone is 1. The van der Waals surface area contributed by atoms with Gasteiger partial charge < -0.3 is 10.4 Å². The number of nitrogens with zero attached hydrogens (tertiary/aromatic N) is 1. The quantitative estimate of drug-likeness (QED) is 0.493. The van der Waals surface area contributed by atoms with Crippen LogP contribution in [0.4, 0.5) is 0 Å². The number of aliphatic imine (C=N–C) groups is 1. The molecule has 0 radical (unpaired) electrons. The minimum atomic E-state index is -0.216. The molecule has 27 heavy (non-hydrogen) atoms. The molecule has 0 fully saturated rings. The van der Waals surface area contributed by atoms with Crippen LogP contribution < -0.4 is 5.32 Å². The highest BCUT2D eigenvalue weighted by molar-refractivity contribution is 6.03. The summed E-state index contributed by atoms with van der Waals surface area (Å²) in [6, 6.07) is 11.0. The molecular formula is C23H34N2O2. The fourth-order valence-corrected chi connectivity index (χ4v) is 2.08. The zero-order valence-corrected chi connectivity index (χ0v) is 17.3. The fourth-order valence-electron chi connectivity index (χ4n) is 2.08. The molecule has 0 atom stereocenters. The molecule has 0 bridgehead atoms. The lowest BCUT2D eigenvalue weighted by molar-refractivity contribution is 0.0951. The number of amides is 1. The van der Waals surface area contributed by atoms with Gasteiger partial charge in [-0.2, -0.15) is 0 Å². The largest absolute Gasteiger partial charge is 0.506 e. The Balaban J connectivity index is 0.000000632. The number of hydrogen-bond donors (Lipinski definition) is 2. The maximum absolute atomic E-state index is 11.9. The molecule has 0 aromatic heterocycles. The maximum Gasteiger partial charge on any atom is 0.255 e. The first-order valence-electron chi connectivity index (χ1n) is 9.65. The molecule has 0 aliphatic rings. The molecule has 2 rings (SSSR count). The lowest BCUT2D eigenvalue weighted by Gasteiger charge is -2.08. The summed E-state index contributed by atoms with van der Waals surface area (Å²) in [5, 5.41) is 14.6. The molecule has 0 aliphatic heterocycles. The van der Waals surface area contributed by atoms with Gasteiger partial charge in [-0.15, -0.1) is 0 Å². The summed E-state index contributed by atoms with van der Waals surface area (Å²) in [5.41, 5.74) is 0.338. The van der Waals surface area contributed by atoms with E-state index >= 15 is 0 Å². The number of carbonyl (C=O) groups excluding carboxylic acids is 1. The number of phenolic OH excluding ortho intramolecular Hbond substituents is 1. The van der Waals surface area contributed by atoms with Gasteiger partial charge in [0.1, 0.15) is 5.75 Å². The van der Waals surface area contributed by atoms with Crippen LogP contribution in [0.5, 0.6) is 5.75 Å². The Morgan fingerprint density at radius 2 is 1.78 bits per heavy atom. The Kier molecular flexibility index (Phi) is 14.1. The number of hydrogen-bond acceptors (Lipinski definition) is 3. The number of benzene rings is 2. The van der Waals surface area contributed by atoms with Crippen LogP contribution in [0.15, 0.2) is 53.7 Å². The second kappa shape index (κ2) is 15.6. The predicted octanol–water partition coefficient (Wildman–Crippen LogP) is 6.10. The van der Waals surface area contributed by atoms with Gasteiger partial charge in [0, 0.05) is 24.3 Å². The number of rotatable bonds is 5. The summed E-state index contributed by atoms with van der Waals surface area (Å²) in [6.45, 7) is 10.8. The third kappa shape index (κ3) is 9.59. The van der Waals surface area contributed by atoms with Crippen LogP contribution in [-0.4, -0.2) is 23.8 Å². The average molecular weight is 371 g/mol. The summed E-state index contributed by atoms with van der Waals surface area (Å²) in [7, 11) is 0. The number of aromatic hydroxyl groups is 1. The molecule has 2 aromatic rings. The van der Waals surface area contributed by atoms with E-state index in [9.17, 15) is 9.90 Å². The van der Waals surface area contributed by atoms with Crippen LogP contribution in [-0.2, 0) is 0 Å². The van der Waals surface area contributed by atoms with Crippen molar-refractivity contribution in [3.05, 3.63) is 54.2 Å². The minimum Gasteiger partial charge on any atom is -0.506 e. The Labute approximate surface area is 164 Å². The molecular weight excluding hydrogens is 336 g/mol. The first kappa shape index (κ1) is 24.4. The van der Waals surface area contributed by atoms with Crippen molar-refractivity contribution >= 4 is 22.9 Å². The summed E-state index contributed by atoms with van der Waals surface area (Å²) in [5.74, 6) is -0.159. The fraction of sp³-hybridized carbons (Fsp3) is 0.391. The van der Waals surface area contributed by atoms with Gasteiger partial charge in [0.05, 0.1) is 5.56 Å². The van der Waals surface area contributed by atoms with E-state index in [-0.39, 0.29) is 11.7 Å². The Bertz CT molecular complexity index is 711. The van der Waals surface area contributed by atoms with Gasteiger partial charge >= 0.3 is 0 Å². The van der Waals surface area contributed by atoms with E-state index < -0.39 is 0 Å². The van der Waals surface area contributed by atoms with E-state index in [1.54, 1.807) is 18.5 Å². The molecule has 0 saturated carbocycles. The topological polar surface area (TPSA) is 61.7 Å². The van der Waals surface area contributed by atoms with Crippen LogP contribution in [0.2, 0.25) is 0 Å². The van der Waals surface area contributed by atoms with Gasteiger partial charge in [0.25, 0.3) is 5.91 Å². The number of nitrogens with one attached hydrogen (secondary N) is 1. The summed E-state index contributed by atoms with van der Waals surface area (Å²) in [6.07, 6.45) is 8.62. The highest BCUT2D eigenvalue weighted by Gasteiger charge is 2.12. The van der Waals surface area contributed by atoms with Gasteiger partial charge in [-0.3, -0.25) is 9.79 Å². The monoisotopic (exact) mass is 370 g/mol. The summed E-state index contributed by atoms with van der Waals surface area (Å²) < 4.78 is 0. The third-order valence-electron chi connectivity index (χ3n) is 3.35. The highest BCUT2D eigenvalue weighted by Crippen LogP contribution is 2.28. The first-order chi connectivity index (χ1) is 13.1. The van der Waals surface area contributed by atoms with E-state index in [0.717, 1.165) is 18.2 Å². The molecule has 4 nitrogen and oxygen atoms in total. The van der Waals surface area contributed by atoms with Crippen LogP contribution >= 0.6 is 0 Å². The lowest BCUT2D eigenvalue weighted by atomic mass is 10.0. The summed E-state index contributed by atoms with van der Waals surface area (Å²) >= 11 is 0. The van der Waals surface area contributed by atoms with E-state index in [0.29, 0.717) is 17.5 Å². The van der Waals surface area contributed by atoms with E-state index in [1.807, 2.05) is 50.3 Å². The normalized spacial score (nSPS) is 10.3. The first-order valence-corrected chi connectivity index (χ1v) is 9.65. The minimum absolute atomic E-state index is 0.0575. The standard InChI is InChI=1S/C15H17NO2.C5H9N.C3H8/c1-2-3-10-16-15(18)13-9-8-11-6-4-5-7-12(11)14(13)17;1-3-5-6-4-2;1-3-2/h4-9,17H,2-3,10H2,1H3,(H,16,18);3-5H,1-2H3;3H2,1-2H3/b;5-3-,6-4?;. The molecule has 148 valence electrons. The van der Waals surface area contributed by atoms with Gasteiger partial charge in [-0.1, -0.05) is 70.0 Å². The van der Waals surface area contributed by atoms with Crippen LogP contribution in [0.3, 0.4) is 0 Å². The van der Waals surface area contributed by atoms with Crippen molar-refractivity contribution in [2.75, 3.05) is 6.54 Å². The second-order valence-corrected chi connectivity index (χ2v) is 5.89. The van der Waals surface area contributed by atoms with Crippen LogP contribution in [0.25, 0.3) is 10.8 Å². The van der Waals surface area contributed by atoms with Crippen molar-refractivity contribution in [1.29, 1.82) is 0 Å².